The van der Waals surface area contributed by atoms with Gasteiger partial charge in [-0.2, -0.15) is 0 Å². The average molecular weight is 550 g/mol. The number of halogens is 5. The van der Waals surface area contributed by atoms with E-state index >= 15 is 0 Å². The molecule has 0 radical (unpaired) electrons. The number of rotatable bonds is 8. The number of hydrogen-bond donors (Lipinski definition) is 1. The first-order valence-corrected chi connectivity index (χ1v) is 11.6. The van der Waals surface area contributed by atoms with Crippen molar-refractivity contribution in [1.82, 2.24) is 4.90 Å². The Morgan fingerprint density at radius 1 is 0.971 bits per heavy atom. The van der Waals surface area contributed by atoms with Crippen molar-refractivity contribution in [3.63, 3.8) is 0 Å². The van der Waals surface area contributed by atoms with Crippen LogP contribution in [0.3, 0.4) is 0 Å². The molecule has 12 heteroatoms. The van der Waals surface area contributed by atoms with Gasteiger partial charge in [-0.3, -0.25) is 19.3 Å². The second kappa shape index (κ2) is 10.9. The van der Waals surface area contributed by atoms with E-state index in [4.69, 9.17) is 51.1 Å². The predicted molar refractivity (Wildman–Crippen MR) is 126 cm³/mol. The van der Waals surface area contributed by atoms with Crippen LogP contribution in [0.4, 0.5) is 10.1 Å². The molecule has 2 aromatic carbocycles. The second-order valence-electron chi connectivity index (χ2n) is 7.31. The highest BCUT2D eigenvalue weighted by Crippen LogP contribution is 2.45. The highest BCUT2D eigenvalue weighted by atomic mass is 35.5. The molecule has 0 unspecified atom stereocenters. The van der Waals surface area contributed by atoms with Gasteiger partial charge in [0.1, 0.15) is 11.9 Å². The Hall–Kier alpha value is -2.39. The standard InChI is InChI=1S/C22H17Cl4FN2O5/c1-2-3-4-12(22(33)34-9-13(30)28-11-7-5-10(27)6-8-11)29-20(31)14-15(21(29)32)17(24)19(26)18(25)16(14)23/h5-8,12H,2-4,9H2,1H3,(H,28,30)/t12-/m0/s1. The molecule has 0 saturated heterocycles. The van der Waals surface area contributed by atoms with E-state index in [1.807, 2.05) is 6.92 Å². The monoisotopic (exact) mass is 548 g/mol. The Labute approximate surface area is 214 Å². The van der Waals surface area contributed by atoms with Crippen molar-refractivity contribution in [1.29, 1.82) is 0 Å². The van der Waals surface area contributed by atoms with Crippen LogP contribution in [0.2, 0.25) is 20.1 Å². The van der Waals surface area contributed by atoms with E-state index in [0.29, 0.717) is 23.4 Å². The lowest BCUT2D eigenvalue weighted by molar-refractivity contribution is -0.151. The topological polar surface area (TPSA) is 92.8 Å². The zero-order chi connectivity index (χ0) is 25.2. The summed E-state index contributed by atoms with van der Waals surface area (Å²) < 4.78 is 18.1. The summed E-state index contributed by atoms with van der Waals surface area (Å²) in [5.41, 5.74) is -0.216. The molecule has 34 heavy (non-hydrogen) atoms. The highest BCUT2D eigenvalue weighted by Gasteiger charge is 2.47. The van der Waals surface area contributed by atoms with Gasteiger partial charge in [0, 0.05) is 5.69 Å². The largest absolute Gasteiger partial charge is 0.454 e. The van der Waals surface area contributed by atoms with Crippen LogP contribution < -0.4 is 5.32 Å². The number of carbonyl (C=O) groups excluding carboxylic acids is 4. The van der Waals surface area contributed by atoms with Gasteiger partial charge in [-0.1, -0.05) is 66.2 Å². The zero-order valence-electron chi connectivity index (χ0n) is 17.6. The SMILES string of the molecule is CCCC[C@@H](C(=O)OCC(=O)Nc1ccc(F)cc1)N1C(=O)c2c(Cl)c(Cl)c(Cl)c(Cl)c2C1=O. The summed E-state index contributed by atoms with van der Waals surface area (Å²) in [6, 6.07) is 3.64. The van der Waals surface area contributed by atoms with Gasteiger partial charge in [0.2, 0.25) is 0 Å². The van der Waals surface area contributed by atoms with E-state index in [-0.39, 0.29) is 37.6 Å². The smallest absolute Gasteiger partial charge is 0.329 e. The third-order valence-corrected chi connectivity index (χ3v) is 6.82. The summed E-state index contributed by atoms with van der Waals surface area (Å²) >= 11 is 24.4. The number of benzene rings is 2. The summed E-state index contributed by atoms with van der Waals surface area (Å²) in [5.74, 6) is -3.90. The highest BCUT2D eigenvalue weighted by molar-refractivity contribution is 6.55. The number of nitrogens with zero attached hydrogens (tertiary/aromatic N) is 1. The second-order valence-corrected chi connectivity index (χ2v) is 8.82. The van der Waals surface area contributed by atoms with Gasteiger partial charge in [0.25, 0.3) is 17.7 Å². The third kappa shape index (κ3) is 5.15. The van der Waals surface area contributed by atoms with Gasteiger partial charge < -0.3 is 10.1 Å². The van der Waals surface area contributed by atoms with E-state index in [1.54, 1.807) is 0 Å². The van der Waals surface area contributed by atoms with Gasteiger partial charge in [-0.25, -0.2) is 9.18 Å². The Balaban J connectivity index is 1.80. The lowest BCUT2D eigenvalue weighted by atomic mass is 10.1. The molecule has 1 aliphatic rings. The first-order chi connectivity index (χ1) is 16.1. The third-order valence-electron chi connectivity index (χ3n) is 5.02. The van der Waals surface area contributed by atoms with E-state index in [9.17, 15) is 23.6 Å². The molecular formula is C22H17Cl4FN2O5. The van der Waals surface area contributed by atoms with Crippen LogP contribution in [0.1, 0.15) is 46.9 Å². The van der Waals surface area contributed by atoms with Crippen molar-refractivity contribution < 1.29 is 28.3 Å². The molecule has 0 saturated carbocycles. The normalized spacial score (nSPS) is 13.6. The summed E-state index contributed by atoms with van der Waals surface area (Å²) in [4.78, 5) is 51.9. The van der Waals surface area contributed by atoms with E-state index in [2.05, 4.69) is 5.32 Å². The summed E-state index contributed by atoms with van der Waals surface area (Å²) in [5, 5.41) is 1.54. The van der Waals surface area contributed by atoms with Crippen molar-refractivity contribution in [2.45, 2.75) is 32.2 Å². The van der Waals surface area contributed by atoms with Crippen LogP contribution in [0, 0.1) is 5.82 Å². The molecule has 1 aliphatic heterocycles. The minimum absolute atomic E-state index is 0.0804. The molecule has 2 aromatic rings. The summed E-state index contributed by atoms with van der Waals surface area (Å²) in [7, 11) is 0. The van der Waals surface area contributed by atoms with Gasteiger partial charge in [-0.05, 0) is 30.7 Å². The predicted octanol–water partition coefficient (Wildman–Crippen LogP) is 5.78. The molecule has 1 atom stereocenters. The number of unbranched alkanes of at least 4 members (excludes halogenated alkanes) is 1. The average Bonchev–Trinajstić information content (AvgIpc) is 3.07. The first-order valence-electron chi connectivity index (χ1n) is 10.0. The molecule has 7 nitrogen and oxygen atoms in total. The number of esters is 1. The van der Waals surface area contributed by atoms with Crippen molar-refractivity contribution in [3.05, 3.63) is 61.3 Å². The lowest BCUT2D eigenvalue weighted by Crippen LogP contribution is -2.46. The van der Waals surface area contributed by atoms with Gasteiger partial charge in [-0.15, -0.1) is 0 Å². The Morgan fingerprint density at radius 2 is 1.50 bits per heavy atom. The fourth-order valence-electron chi connectivity index (χ4n) is 3.36. The fraction of sp³-hybridized carbons (Fsp3) is 0.273. The van der Waals surface area contributed by atoms with Gasteiger partial charge >= 0.3 is 5.97 Å². The molecule has 3 rings (SSSR count). The number of anilines is 1. The quantitative estimate of drug-likeness (QED) is 0.195. The molecule has 1 N–H and O–H groups in total. The number of carbonyl (C=O) groups is 4. The van der Waals surface area contributed by atoms with Gasteiger partial charge in [0.05, 0.1) is 31.2 Å². The molecule has 180 valence electrons. The maximum absolute atomic E-state index is 13.1. The Bertz CT molecular complexity index is 1130. The van der Waals surface area contributed by atoms with E-state index in [1.165, 1.54) is 12.1 Å². The number of fused-ring (bicyclic) bond motifs is 1. The lowest BCUT2D eigenvalue weighted by Gasteiger charge is -2.24. The summed E-state index contributed by atoms with van der Waals surface area (Å²) in [6.45, 7) is 1.16. The van der Waals surface area contributed by atoms with Crippen molar-refractivity contribution in [3.8, 4) is 0 Å². The van der Waals surface area contributed by atoms with Crippen LogP contribution in [0.25, 0.3) is 0 Å². The molecule has 3 amide bonds. The van der Waals surface area contributed by atoms with Crippen molar-refractivity contribution in [2.75, 3.05) is 11.9 Å². The number of amides is 3. The minimum atomic E-state index is -1.34. The first kappa shape index (κ1) is 26.2. The summed E-state index contributed by atoms with van der Waals surface area (Å²) in [6.07, 6.45) is 1.20. The van der Waals surface area contributed by atoms with E-state index in [0.717, 1.165) is 12.1 Å². The Kier molecular flexibility index (Phi) is 8.41. The maximum Gasteiger partial charge on any atom is 0.329 e. The molecule has 0 aliphatic carbocycles. The molecule has 0 bridgehead atoms. The number of hydrogen-bond acceptors (Lipinski definition) is 5. The Morgan fingerprint density at radius 3 is 2.00 bits per heavy atom. The van der Waals surface area contributed by atoms with Gasteiger partial charge in [0.15, 0.2) is 6.61 Å². The minimum Gasteiger partial charge on any atom is -0.454 e. The fourth-order valence-corrected chi connectivity index (χ4v) is 4.38. The molecule has 0 spiro atoms. The number of ether oxygens (including phenoxy) is 1. The van der Waals surface area contributed by atoms with Crippen LogP contribution in [-0.2, 0) is 14.3 Å². The molecular weight excluding hydrogens is 533 g/mol. The van der Waals surface area contributed by atoms with Crippen molar-refractivity contribution in [2.24, 2.45) is 0 Å². The molecule has 1 heterocycles. The molecule has 0 aromatic heterocycles. The van der Waals surface area contributed by atoms with Crippen LogP contribution in [-0.4, -0.2) is 41.2 Å². The van der Waals surface area contributed by atoms with Crippen molar-refractivity contribution >= 4 is 75.8 Å². The molecule has 0 fully saturated rings. The number of nitrogens with one attached hydrogen (secondary N) is 1. The van der Waals surface area contributed by atoms with Crippen LogP contribution >= 0.6 is 46.4 Å². The number of imide groups is 1. The maximum atomic E-state index is 13.1. The van der Waals surface area contributed by atoms with Crippen LogP contribution in [0.15, 0.2) is 24.3 Å². The van der Waals surface area contributed by atoms with Crippen LogP contribution in [0.5, 0.6) is 0 Å². The zero-order valence-corrected chi connectivity index (χ0v) is 20.6. The van der Waals surface area contributed by atoms with E-state index < -0.39 is 42.2 Å².